The molecule has 0 amide bonds. The van der Waals surface area contributed by atoms with Crippen LogP contribution in [0.1, 0.15) is 28.4 Å². The second-order valence-electron chi connectivity index (χ2n) is 9.28. The third kappa shape index (κ3) is 8.58. The third-order valence-electron chi connectivity index (χ3n) is 6.36. The van der Waals surface area contributed by atoms with Crippen LogP contribution in [-0.4, -0.2) is 53.5 Å². The maximum Gasteiger partial charge on any atom is 0.338 e. The first kappa shape index (κ1) is 31.1. The number of carbonyl (C=O) groups excluding carboxylic acids is 1. The largest absolute Gasteiger partial charge is 0.497 e. The number of methoxy groups -OCH3 is 1. The summed E-state index contributed by atoms with van der Waals surface area (Å²) in [5, 5.41) is 8.14. The van der Waals surface area contributed by atoms with Gasteiger partial charge in [-0.2, -0.15) is 0 Å². The third-order valence-corrected chi connectivity index (χ3v) is 6.87. The molecule has 41 heavy (non-hydrogen) atoms. The summed E-state index contributed by atoms with van der Waals surface area (Å²) in [6.07, 6.45) is -4.77. The van der Waals surface area contributed by atoms with Crippen LogP contribution in [0, 0.1) is 5.41 Å². The summed E-state index contributed by atoms with van der Waals surface area (Å²) < 4.78 is 33.4. The van der Waals surface area contributed by atoms with Gasteiger partial charge in [-0.15, -0.1) is 0 Å². The highest BCUT2D eigenvalue weighted by Gasteiger charge is 2.51. The van der Waals surface area contributed by atoms with E-state index < -0.39 is 46.4 Å². The predicted molar refractivity (Wildman–Crippen MR) is 156 cm³/mol. The molecule has 0 spiro atoms. The van der Waals surface area contributed by atoms with E-state index >= 15 is 0 Å². The zero-order valence-electron chi connectivity index (χ0n) is 22.4. The fraction of sp³-hybridized carbons (Fsp3) is 0.333. The van der Waals surface area contributed by atoms with E-state index in [9.17, 15) is 4.79 Å². The predicted octanol–water partition coefficient (Wildman–Crippen LogP) is 6.50. The first-order valence-corrected chi connectivity index (χ1v) is 13.9. The number of alkyl halides is 3. The Morgan fingerprint density at radius 2 is 1.37 bits per heavy atom. The maximum absolute atomic E-state index is 13.2. The molecule has 8 nitrogen and oxygen atoms in total. The summed E-state index contributed by atoms with van der Waals surface area (Å²) in [7, 11) is 1.59. The van der Waals surface area contributed by atoms with E-state index in [1.165, 1.54) is 0 Å². The minimum Gasteiger partial charge on any atom is -0.497 e. The van der Waals surface area contributed by atoms with Gasteiger partial charge in [-0.25, -0.2) is 4.79 Å². The molecule has 1 aliphatic rings. The molecular formula is C30H30Cl3NO7. The van der Waals surface area contributed by atoms with Gasteiger partial charge in [-0.05, 0) is 42.3 Å². The normalized spacial score (nSPS) is 22.5. The van der Waals surface area contributed by atoms with Crippen molar-refractivity contribution in [2.45, 2.75) is 54.6 Å². The summed E-state index contributed by atoms with van der Waals surface area (Å²) in [5.41, 5.74) is 2.08. The van der Waals surface area contributed by atoms with Gasteiger partial charge in [0.25, 0.3) is 3.79 Å². The van der Waals surface area contributed by atoms with Crippen molar-refractivity contribution in [3.63, 3.8) is 0 Å². The molecular weight excluding hydrogens is 593 g/mol. The number of halogens is 3. The summed E-state index contributed by atoms with van der Waals surface area (Å²) in [4.78, 5) is 13.2. The minimum atomic E-state index is -2.17. The molecule has 1 fully saturated rings. The summed E-state index contributed by atoms with van der Waals surface area (Å²) in [5.74, 6) is -0.647. The molecule has 0 bridgehead atoms. The second-order valence-corrected chi connectivity index (χ2v) is 11.6. The van der Waals surface area contributed by atoms with E-state index in [1.807, 2.05) is 54.6 Å². The molecule has 0 aliphatic carbocycles. The highest BCUT2D eigenvalue weighted by molar-refractivity contribution is 6.76. The molecule has 0 unspecified atom stereocenters. The maximum atomic E-state index is 13.2. The monoisotopic (exact) mass is 621 g/mol. The summed E-state index contributed by atoms with van der Waals surface area (Å²) >= 11 is 17.7. The molecule has 1 heterocycles. The average molecular weight is 623 g/mol. The molecule has 11 heteroatoms. The first-order chi connectivity index (χ1) is 19.7. The minimum absolute atomic E-state index is 0.139. The van der Waals surface area contributed by atoms with Gasteiger partial charge in [0.2, 0.25) is 12.2 Å². The number of hydrogen-bond donors (Lipinski definition) is 1. The number of benzene rings is 3. The van der Waals surface area contributed by atoms with E-state index in [0.717, 1.165) is 11.1 Å². The lowest BCUT2D eigenvalue weighted by atomic mass is 9.98. The molecule has 0 aromatic heterocycles. The molecule has 5 atom stereocenters. The van der Waals surface area contributed by atoms with Crippen molar-refractivity contribution in [2.24, 2.45) is 0 Å². The molecule has 4 rings (SSSR count). The van der Waals surface area contributed by atoms with Gasteiger partial charge in [-0.1, -0.05) is 95.5 Å². The van der Waals surface area contributed by atoms with Crippen LogP contribution < -0.4 is 4.74 Å². The molecule has 1 N–H and O–H groups in total. The molecule has 0 radical (unpaired) electrons. The van der Waals surface area contributed by atoms with Crippen molar-refractivity contribution >= 4 is 46.7 Å². The number of esters is 1. The van der Waals surface area contributed by atoms with Crippen LogP contribution >= 0.6 is 34.8 Å². The molecule has 3 aromatic carbocycles. The molecule has 218 valence electrons. The quantitative estimate of drug-likeness (QED) is 0.119. The number of nitrogens with one attached hydrogen (secondary N) is 1. The Morgan fingerprint density at radius 1 is 0.805 bits per heavy atom. The number of rotatable bonds is 10. The average Bonchev–Trinajstić information content (AvgIpc) is 2.97. The molecule has 3 aromatic rings. The molecule has 0 saturated carbocycles. The van der Waals surface area contributed by atoms with E-state index in [0.29, 0.717) is 11.3 Å². The van der Waals surface area contributed by atoms with Gasteiger partial charge in [0.1, 0.15) is 18.0 Å². The topological polar surface area (TPSA) is 96.3 Å². The van der Waals surface area contributed by atoms with Crippen molar-refractivity contribution in [2.75, 3.05) is 7.11 Å². The van der Waals surface area contributed by atoms with Gasteiger partial charge in [-0.3, -0.25) is 5.41 Å². The summed E-state index contributed by atoms with van der Waals surface area (Å²) in [6.45, 7) is 2.15. The van der Waals surface area contributed by atoms with E-state index in [2.05, 4.69) is 0 Å². The lowest BCUT2D eigenvalue weighted by Crippen LogP contribution is -2.61. The number of hydrogen-bond acceptors (Lipinski definition) is 8. The standard InChI is InChI=1S/C30H30Cl3NO7/c1-19-24(37-17-20-9-5-3-6-10-20)25(38-18-21-13-15-23(36-2)16-14-21)26(28(39-19)41-29(34)30(31,32)33)40-27(35)22-11-7-4-8-12-22/h3-16,19,24-26,28,34H,17-18H2,1-2H3/t19-,24-,25+,26+,28-/m0/s1. The first-order valence-electron chi connectivity index (χ1n) is 12.8. The smallest absolute Gasteiger partial charge is 0.338 e. The van der Waals surface area contributed by atoms with Gasteiger partial charge in [0, 0.05) is 0 Å². The van der Waals surface area contributed by atoms with Crippen molar-refractivity contribution < 1.29 is 33.2 Å². The Morgan fingerprint density at radius 3 is 1.95 bits per heavy atom. The van der Waals surface area contributed by atoms with Gasteiger partial charge in [0.05, 0.1) is 32.0 Å². The van der Waals surface area contributed by atoms with Gasteiger partial charge < -0.3 is 28.4 Å². The highest BCUT2D eigenvalue weighted by atomic mass is 35.6. The molecule has 1 aliphatic heterocycles. The van der Waals surface area contributed by atoms with Crippen molar-refractivity contribution in [1.29, 1.82) is 5.41 Å². The van der Waals surface area contributed by atoms with E-state index in [4.69, 9.17) is 68.6 Å². The Hall–Kier alpha value is -2.85. The van der Waals surface area contributed by atoms with Gasteiger partial charge in [0.15, 0.2) is 6.10 Å². The SMILES string of the molecule is COc1ccc(CO[C@@H]2[C@@H](OCc3ccccc3)[C@H](C)O[C@@H](OC(=N)C(Cl)(Cl)Cl)[C@@H]2OC(=O)c2ccccc2)cc1. The fourth-order valence-corrected chi connectivity index (χ4v) is 4.38. The zero-order chi connectivity index (χ0) is 29.4. The van der Waals surface area contributed by atoms with Crippen molar-refractivity contribution in [3.8, 4) is 5.75 Å². The fourth-order valence-electron chi connectivity index (χ4n) is 4.24. The Labute approximate surface area is 253 Å². The summed E-state index contributed by atoms with van der Waals surface area (Å²) in [6, 6.07) is 25.4. The highest BCUT2D eigenvalue weighted by Crippen LogP contribution is 2.34. The Bertz CT molecular complexity index is 1270. The van der Waals surface area contributed by atoms with E-state index in [-0.39, 0.29) is 13.2 Å². The van der Waals surface area contributed by atoms with Crippen LogP contribution in [0.15, 0.2) is 84.9 Å². The zero-order valence-corrected chi connectivity index (χ0v) is 24.6. The lowest BCUT2D eigenvalue weighted by Gasteiger charge is -2.44. The van der Waals surface area contributed by atoms with Crippen LogP contribution in [0.5, 0.6) is 5.75 Å². The Balaban J connectivity index is 1.65. The van der Waals surface area contributed by atoms with Crippen LogP contribution in [0.3, 0.4) is 0 Å². The van der Waals surface area contributed by atoms with Crippen LogP contribution in [0.4, 0.5) is 0 Å². The Kier molecular flexibility index (Phi) is 10.9. The second kappa shape index (κ2) is 14.4. The van der Waals surface area contributed by atoms with Crippen molar-refractivity contribution in [3.05, 3.63) is 102 Å². The van der Waals surface area contributed by atoms with Gasteiger partial charge >= 0.3 is 5.97 Å². The van der Waals surface area contributed by atoms with Crippen LogP contribution in [-0.2, 0) is 36.9 Å². The van der Waals surface area contributed by atoms with E-state index in [1.54, 1.807) is 44.4 Å². The molecule has 1 saturated heterocycles. The van der Waals surface area contributed by atoms with Crippen LogP contribution in [0.25, 0.3) is 0 Å². The lowest BCUT2D eigenvalue weighted by molar-refractivity contribution is -0.291. The number of ether oxygens (including phenoxy) is 6. The number of carbonyl (C=O) groups is 1. The van der Waals surface area contributed by atoms with Crippen molar-refractivity contribution in [1.82, 2.24) is 0 Å². The van der Waals surface area contributed by atoms with Crippen LogP contribution in [0.2, 0.25) is 0 Å².